The molecule has 39 heavy (non-hydrogen) atoms. The molecule has 216 valence electrons. The normalized spacial score (nSPS) is 33.9. The monoisotopic (exact) mass is 545 g/mol. The van der Waals surface area contributed by atoms with E-state index < -0.39 is 41.7 Å². The van der Waals surface area contributed by atoms with E-state index in [2.05, 4.69) is 12.2 Å². The number of amides is 3. The van der Waals surface area contributed by atoms with Crippen LogP contribution in [0.25, 0.3) is 0 Å². The quantitative estimate of drug-likeness (QED) is 0.257. The van der Waals surface area contributed by atoms with Crippen molar-refractivity contribution in [3.05, 3.63) is 24.3 Å². The first-order chi connectivity index (χ1) is 18.8. The maximum atomic E-state index is 14.2. The van der Waals surface area contributed by atoms with Crippen LogP contribution in [0, 0.1) is 11.8 Å². The highest BCUT2D eigenvalue weighted by Crippen LogP contribution is 2.53. The minimum Gasteiger partial charge on any atom is -0.460 e. The molecule has 0 bridgehead atoms. The molecule has 4 heterocycles. The van der Waals surface area contributed by atoms with Crippen LogP contribution in [0.1, 0.15) is 65.2 Å². The van der Waals surface area contributed by atoms with Crippen molar-refractivity contribution in [2.75, 3.05) is 32.8 Å². The molecule has 0 aliphatic carbocycles. The molecule has 4 aliphatic heterocycles. The summed E-state index contributed by atoms with van der Waals surface area (Å²) in [6.45, 7) is 5.47. The lowest BCUT2D eigenvalue weighted by atomic mass is 9.78. The molecule has 0 radical (unpaired) electrons. The number of allylic oxidation sites excluding steroid dienone is 1. The highest BCUT2D eigenvalue weighted by Gasteiger charge is 2.71. The number of esters is 1. The van der Waals surface area contributed by atoms with Crippen LogP contribution in [0.15, 0.2) is 24.3 Å². The summed E-state index contributed by atoms with van der Waals surface area (Å²) in [6, 6.07) is -0.867. The van der Waals surface area contributed by atoms with Crippen LogP contribution >= 0.6 is 0 Å². The molecule has 10 nitrogen and oxygen atoms in total. The fourth-order valence-corrected chi connectivity index (χ4v) is 6.25. The topological polar surface area (TPSA) is 125 Å². The lowest BCUT2D eigenvalue weighted by molar-refractivity contribution is -0.158. The Morgan fingerprint density at radius 1 is 1.05 bits per heavy atom. The largest absolute Gasteiger partial charge is 0.460 e. The van der Waals surface area contributed by atoms with Crippen LogP contribution in [0.4, 0.5) is 0 Å². The molecule has 0 aromatic heterocycles. The SMILES string of the molecule is CCCCN1CC=C[C@]23O[C@@H]4/C=C\CCC(=O)NC[C@@H](C)OC(=O)[C@@H]4[C@H]2C(=O)N(CCCCCCO)[C@@H]3C1=O. The number of aliphatic hydroxyl groups excluding tert-OH is 1. The minimum atomic E-state index is -1.28. The number of rotatable bonds is 9. The summed E-state index contributed by atoms with van der Waals surface area (Å²) in [6.07, 6.45) is 11.5. The molecule has 2 N–H and O–H groups in total. The number of likely N-dealkylation sites (tertiary alicyclic amines) is 1. The van der Waals surface area contributed by atoms with Crippen molar-refractivity contribution in [3.63, 3.8) is 0 Å². The average Bonchev–Trinajstić information content (AvgIpc) is 3.29. The molecular formula is C29H43N3O7. The highest BCUT2D eigenvalue weighted by atomic mass is 16.6. The molecule has 1 spiro atoms. The first kappa shape index (κ1) is 29.3. The van der Waals surface area contributed by atoms with Gasteiger partial charge in [0, 0.05) is 32.7 Å². The Bertz CT molecular complexity index is 982. The number of carbonyl (C=O) groups excluding carboxylic acids is 4. The fraction of sp³-hybridized carbons (Fsp3) is 0.724. The van der Waals surface area contributed by atoms with Gasteiger partial charge in [-0.3, -0.25) is 19.2 Å². The first-order valence-electron chi connectivity index (χ1n) is 14.5. The van der Waals surface area contributed by atoms with Crippen LogP contribution in [-0.4, -0.2) is 95.2 Å². The van der Waals surface area contributed by atoms with Crippen molar-refractivity contribution in [2.24, 2.45) is 11.8 Å². The van der Waals surface area contributed by atoms with E-state index in [1.807, 2.05) is 12.2 Å². The van der Waals surface area contributed by atoms with Gasteiger partial charge >= 0.3 is 5.97 Å². The van der Waals surface area contributed by atoms with Crippen LogP contribution in [0.3, 0.4) is 0 Å². The standard InChI is InChI=1S/C29H43N3O7/c1-3-4-15-31-16-11-14-29-24(26(35)32(25(29)27(31)36)17-9-5-6-10-18-33)23-21(39-29)12-7-8-13-22(34)30-19-20(2)38-28(23)37/h7,11-12,14,20-21,23-25,33H,3-6,8-10,13,15-19H2,1-2H3,(H,30,34)/b12-7-/t20-,21-,23+,24+,25-,29+/m1/s1. The lowest BCUT2D eigenvalue weighted by Gasteiger charge is -2.35. The van der Waals surface area contributed by atoms with Gasteiger partial charge in [0.1, 0.15) is 23.7 Å². The van der Waals surface area contributed by atoms with Gasteiger partial charge in [-0.05, 0) is 32.6 Å². The third-order valence-corrected chi connectivity index (χ3v) is 8.21. The Balaban J connectivity index is 1.70. The Kier molecular flexibility index (Phi) is 9.82. The fourth-order valence-electron chi connectivity index (χ4n) is 6.25. The summed E-state index contributed by atoms with van der Waals surface area (Å²) in [4.78, 5) is 57.3. The number of hydrogen-bond acceptors (Lipinski definition) is 7. The molecule has 2 saturated heterocycles. The molecule has 6 atom stereocenters. The van der Waals surface area contributed by atoms with E-state index in [9.17, 15) is 19.2 Å². The van der Waals surface area contributed by atoms with Gasteiger partial charge in [0.05, 0.1) is 18.6 Å². The van der Waals surface area contributed by atoms with Crippen molar-refractivity contribution in [2.45, 2.75) is 89.1 Å². The lowest BCUT2D eigenvalue weighted by Crippen LogP contribution is -2.55. The predicted molar refractivity (Wildman–Crippen MR) is 143 cm³/mol. The number of nitrogens with one attached hydrogen (secondary N) is 1. The van der Waals surface area contributed by atoms with E-state index in [-0.39, 0.29) is 30.9 Å². The zero-order valence-electron chi connectivity index (χ0n) is 23.2. The molecule has 4 rings (SSSR count). The van der Waals surface area contributed by atoms with Crippen molar-refractivity contribution in [3.8, 4) is 0 Å². The third kappa shape index (κ3) is 6.06. The van der Waals surface area contributed by atoms with Gasteiger partial charge < -0.3 is 29.7 Å². The minimum absolute atomic E-state index is 0.126. The van der Waals surface area contributed by atoms with E-state index >= 15 is 0 Å². The second-order valence-corrected chi connectivity index (χ2v) is 11.1. The van der Waals surface area contributed by atoms with Crippen LogP contribution < -0.4 is 5.32 Å². The molecule has 2 fully saturated rings. The number of unbranched alkanes of at least 4 members (excludes halogenated alkanes) is 4. The Hall–Kier alpha value is -2.72. The number of fused-ring (bicyclic) bond motifs is 2. The van der Waals surface area contributed by atoms with E-state index in [1.54, 1.807) is 28.9 Å². The van der Waals surface area contributed by atoms with Gasteiger partial charge in [-0.15, -0.1) is 0 Å². The number of aliphatic hydroxyl groups is 1. The molecule has 0 saturated carbocycles. The van der Waals surface area contributed by atoms with E-state index in [0.717, 1.165) is 25.7 Å². The predicted octanol–water partition coefficient (Wildman–Crippen LogP) is 1.72. The second-order valence-electron chi connectivity index (χ2n) is 11.1. The van der Waals surface area contributed by atoms with Crippen molar-refractivity contribution in [1.29, 1.82) is 0 Å². The zero-order chi connectivity index (χ0) is 28.0. The molecule has 0 unspecified atom stereocenters. The highest BCUT2D eigenvalue weighted by molar-refractivity contribution is 5.99. The maximum absolute atomic E-state index is 14.2. The molecular weight excluding hydrogens is 502 g/mol. The average molecular weight is 546 g/mol. The Morgan fingerprint density at radius 3 is 2.62 bits per heavy atom. The number of cyclic esters (lactones) is 1. The number of ether oxygens (including phenoxy) is 2. The van der Waals surface area contributed by atoms with Crippen molar-refractivity contribution < 1.29 is 33.8 Å². The molecule has 0 aromatic carbocycles. The van der Waals surface area contributed by atoms with Crippen LogP contribution in [0.5, 0.6) is 0 Å². The Morgan fingerprint density at radius 2 is 1.85 bits per heavy atom. The zero-order valence-corrected chi connectivity index (χ0v) is 23.2. The van der Waals surface area contributed by atoms with E-state index in [4.69, 9.17) is 14.6 Å². The second kappa shape index (κ2) is 13.1. The summed E-state index contributed by atoms with van der Waals surface area (Å²) in [5.74, 6) is -2.90. The molecule has 10 heteroatoms. The summed E-state index contributed by atoms with van der Waals surface area (Å²) in [5.41, 5.74) is -1.28. The summed E-state index contributed by atoms with van der Waals surface area (Å²) < 4.78 is 12.4. The number of nitrogens with zero attached hydrogens (tertiary/aromatic N) is 2. The molecule has 4 aliphatic rings. The van der Waals surface area contributed by atoms with E-state index in [1.165, 1.54) is 0 Å². The summed E-state index contributed by atoms with van der Waals surface area (Å²) >= 11 is 0. The number of carbonyl (C=O) groups is 4. The van der Waals surface area contributed by atoms with E-state index in [0.29, 0.717) is 45.3 Å². The van der Waals surface area contributed by atoms with Crippen molar-refractivity contribution >= 4 is 23.7 Å². The smallest absolute Gasteiger partial charge is 0.313 e. The maximum Gasteiger partial charge on any atom is 0.313 e. The van der Waals surface area contributed by atoms with Gasteiger partial charge in [0.15, 0.2) is 0 Å². The Labute approximate surface area is 230 Å². The van der Waals surface area contributed by atoms with Gasteiger partial charge in [0.2, 0.25) is 17.7 Å². The van der Waals surface area contributed by atoms with Crippen LogP contribution in [-0.2, 0) is 28.7 Å². The van der Waals surface area contributed by atoms with Gasteiger partial charge in [-0.25, -0.2) is 0 Å². The van der Waals surface area contributed by atoms with Gasteiger partial charge in [-0.1, -0.05) is 50.5 Å². The van der Waals surface area contributed by atoms with Gasteiger partial charge in [-0.2, -0.15) is 0 Å². The summed E-state index contributed by atoms with van der Waals surface area (Å²) in [7, 11) is 0. The summed E-state index contributed by atoms with van der Waals surface area (Å²) in [5, 5.41) is 11.9. The van der Waals surface area contributed by atoms with Gasteiger partial charge in [0.25, 0.3) is 0 Å². The molecule has 3 amide bonds. The van der Waals surface area contributed by atoms with Crippen LogP contribution in [0.2, 0.25) is 0 Å². The number of hydrogen-bond donors (Lipinski definition) is 2. The third-order valence-electron chi connectivity index (χ3n) is 8.21. The first-order valence-corrected chi connectivity index (χ1v) is 14.5. The molecule has 0 aromatic rings. The van der Waals surface area contributed by atoms with Crippen molar-refractivity contribution in [1.82, 2.24) is 15.1 Å².